The molecule has 0 radical (unpaired) electrons. The Hall–Kier alpha value is -2.51. The van der Waals surface area contributed by atoms with Crippen LogP contribution in [0, 0.1) is 0 Å². The second-order valence-electron chi connectivity index (χ2n) is 7.56. The maximum Gasteiger partial charge on any atom is 0.343 e. The number of hydrogen-bond donors (Lipinski definition) is 5. The van der Waals surface area contributed by atoms with E-state index in [-0.39, 0.29) is 16.7 Å². The lowest BCUT2D eigenvalue weighted by Crippen LogP contribution is -2.52. The number of benzene rings is 1. The number of aliphatic hydroxyl groups excluding tert-OH is 1. The van der Waals surface area contributed by atoms with Crippen molar-refractivity contribution in [2.45, 2.75) is 43.5 Å². The second-order valence-corrected chi connectivity index (χ2v) is 9.53. The number of nitrogens with two attached hydrogens (primary N) is 1. The predicted molar refractivity (Wildman–Crippen MR) is 109 cm³/mol. The van der Waals surface area contributed by atoms with Gasteiger partial charge in [0.15, 0.2) is 6.10 Å². The number of carbonyl (C=O) groups excluding carboxylic acids is 1. The number of aromatic amines is 1. The van der Waals surface area contributed by atoms with Crippen LogP contribution in [0.4, 0.5) is 0 Å². The van der Waals surface area contributed by atoms with Crippen LogP contribution in [-0.2, 0) is 35.7 Å². The Labute approximate surface area is 178 Å². The summed E-state index contributed by atoms with van der Waals surface area (Å²) in [5, 5.41) is 31.0. The summed E-state index contributed by atoms with van der Waals surface area (Å²) in [5.41, 5.74) is 2.71. The number of carboxylic acids is 1. The molecule has 0 spiro atoms. The molecule has 31 heavy (non-hydrogen) atoms. The van der Waals surface area contributed by atoms with Crippen molar-refractivity contribution >= 4 is 32.9 Å². The molecule has 1 aromatic heterocycles. The highest BCUT2D eigenvalue weighted by Crippen LogP contribution is 2.34. The first-order chi connectivity index (χ1) is 14.5. The lowest BCUT2D eigenvalue weighted by atomic mass is 9.87. The highest BCUT2D eigenvalue weighted by Gasteiger charge is 2.51. The van der Waals surface area contributed by atoms with Gasteiger partial charge in [-0.3, -0.25) is 5.73 Å². The third-order valence-corrected chi connectivity index (χ3v) is 7.06. The van der Waals surface area contributed by atoms with E-state index in [1.54, 1.807) is 6.07 Å². The van der Waals surface area contributed by atoms with Crippen molar-refractivity contribution < 1.29 is 38.1 Å². The first kappa shape index (κ1) is 23.2. The highest BCUT2D eigenvalue weighted by atomic mass is 32.2. The third-order valence-electron chi connectivity index (χ3n) is 5.21. The smallest absolute Gasteiger partial charge is 0.343 e. The summed E-state index contributed by atoms with van der Waals surface area (Å²) in [6, 6.07) is 4.51. The molecule has 0 saturated carbocycles. The molecule has 1 aliphatic heterocycles. The molecular weight excluding hydrogens is 430 g/mol. The van der Waals surface area contributed by atoms with Crippen molar-refractivity contribution in [3.63, 3.8) is 0 Å². The van der Waals surface area contributed by atoms with E-state index in [0.717, 1.165) is 19.0 Å². The van der Waals surface area contributed by atoms with Crippen molar-refractivity contribution in [2.24, 2.45) is 5.73 Å². The first-order valence-corrected chi connectivity index (χ1v) is 11.3. The van der Waals surface area contributed by atoms with Gasteiger partial charge in [-0.2, -0.15) is 0 Å². The quantitative estimate of drug-likeness (QED) is 0.260. The molecule has 1 aliphatic rings. The molecule has 11 nitrogen and oxygen atoms in total. The molecule has 1 saturated heterocycles. The van der Waals surface area contributed by atoms with Crippen LogP contribution in [0.25, 0.3) is 10.9 Å². The van der Waals surface area contributed by atoms with Crippen LogP contribution in [0.3, 0.4) is 0 Å². The van der Waals surface area contributed by atoms with Crippen LogP contribution in [0.15, 0.2) is 24.4 Å². The summed E-state index contributed by atoms with van der Waals surface area (Å²) in [7, 11) is -3.57. The van der Waals surface area contributed by atoms with E-state index in [1.165, 1.54) is 23.4 Å². The minimum absolute atomic E-state index is 0.145. The average molecular weight is 455 g/mol. The molecule has 2 aromatic rings. The van der Waals surface area contributed by atoms with E-state index < -0.39 is 39.9 Å². The zero-order valence-electron chi connectivity index (χ0n) is 16.8. The van der Waals surface area contributed by atoms with Gasteiger partial charge in [-0.25, -0.2) is 22.3 Å². The molecule has 1 aromatic carbocycles. The lowest BCUT2D eigenvalue weighted by Gasteiger charge is -2.27. The summed E-state index contributed by atoms with van der Waals surface area (Å²) in [5.74, 6) is -3.62. The minimum atomic E-state index is -3.57. The van der Waals surface area contributed by atoms with E-state index in [2.05, 4.69) is 9.72 Å². The zero-order chi connectivity index (χ0) is 23.0. The number of hydrogen-bond acceptors (Lipinski definition) is 8. The molecule has 3 unspecified atom stereocenters. The number of carbonyl (C=O) groups is 2. The van der Waals surface area contributed by atoms with E-state index in [4.69, 9.17) is 5.73 Å². The highest BCUT2D eigenvalue weighted by molar-refractivity contribution is 7.88. The standard InChI is InChI=1S/C19H25N3O8S/c1-11(20)30-17(24)16(23)19(27,18(25)26)14-9-21-15-5-4-12(8-13(14)15)10-31(28,29)22-6-2-3-7-22/h4-5,8-9,11,16,21,23,27H,2-3,6-7,10,20H2,1H3,(H,25,26). The van der Waals surface area contributed by atoms with Gasteiger partial charge in [-0.1, -0.05) is 6.07 Å². The van der Waals surface area contributed by atoms with Gasteiger partial charge in [-0.15, -0.1) is 0 Å². The first-order valence-electron chi connectivity index (χ1n) is 9.65. The normalized spacial score (nSPS) is 19.1. The SMILES string of the molecule is CC(N)OC(=O)C(O)C(O)(C(=O)O)c1c[nH]c2ccc(CS(=O)(=O)N3CCCC3)cc12. The number of aliphatic carboxylic acids is 1. The number of fused-ring (bicyclic) bond motifs is 1. The number of H-pyrrole nitrogens is 1. The fraction of sp³-hybridized carbons (Fsp3) is 0.474. The van der Waals surface area contributed by atoms with E-state index in [1.807, 2.05) is 0 Å². The average Bonchev–Trinajstić information content (AvgIpc) is 3.36. The molecule has 3 atom stereocenters. The number of esters is 1. The third kappa shape index (κ3) is 4.43. The fourth-order valence-electron chi connectivity index (χ4n) is 3.64. The van der Waals surface area contributed by atoms with Gasteiger partial charge in [0.25, 0.3) is 0 Å². The molecule has 6 N–H and O–H groups in total. The molecule has 0 aliphatic carbocycles. The molecule has 2 heterocycles. The van der Waals surface area contributed by atoms with E-state index in [0.29, 0.717) is 24.2 Å². The van der Waals surface area contributed by atoms with Gasteiger partial charge in [0.1, 0.15) is 6.23 Å². The van der Waals surface area contributed by atoms with Gasteiger partial charge < -0.3 is 25.0 Å². The number of sulfonamides is 1. The largest absolute Gasteiger partial charge is 0.479 e. The van der Waals surface area contributed by atoms with Crippen LogP contribution < -0.4 is 5.73 Å². The Morgan fingerprint density at radius 2 is 1.97 bits per heavy atom. The fourth-order valence-corrected chi connectivity index (χ4v) is 5.24. The monoisotopic (exact) mass is 455 g/mol. The molecule has 0 bridgehead atoms. The Bertz CT molecular complexity index is 1090. The predicted octanol–water partition coefficient (Wildman–Crippen LogP) is -0.425. The molecule has 1 fully saturated rings. The van der Waals surface area contributed by atoms with Crippen LogP contribution in [0.5, 0.6) is 0 Å². The van der Waals surface area contributed by atoms with E-state index >= 15 is 0 Å². The summed E-state index contributed by atoms with van der Waals surface area (Å²) in [6.45, 7) is 2.20. The maximum absolute atomic E-state index is 12.6. The molecule has 0 amide bonds. The Morgan fingerprint density at radius 1 is 1.32 bits per heavy atom. The van der Waals surface area contributed by atoms with Crippen molar-refractivity contribution in [1.29, 1.82) is 0 Å². The Balaban J connectivity index is 2.01. The number of nitrogens with one attached hydrogen (secondary N) is 1. The van der Waals surface area contributed by atoms with Gasteiger partial charge in [0.2, 0.25) is 15.6 Å². The van der Waals surface area contributed by atoms with Crippen molar-refractivity contribution in [1.82, 2.24) is 9.29 Å². The van der Waals surface area contributed by atoms with Gasteiger partial charge in [-0.05, 0) is 37.5 Å². The molecule has 12 heteroatoms. The topological polar surface area (TPSA) is 183 Å². The minimum Gasteiger partial charge on any atom is -0.479 e. The van der Waals surface area contributed by atoms with Crippen molar-refractivity contribution in [3.05, 3.63) is 35.5 Å². The summed E-state index contributed by atoms with van der Waals surface area (Å²) in [4.78, 5) is 26.7. The van der Waals surface area contributed by atoms with Crippen molar-refractivity contribution in [3.8, 4) is 0 Å². The zero-order valence-corrected chi connectivity index (χ0v) is 17.6. The van der Waals surface area contributed by atoms with Gasteiger partial charge in [0, 0.05) is 35.8 Å². The van der Waals surface area contributed by atoms with Crippen LogP contribution in [-0.4, -0.2) is 70.4 Å². The van der Waals surface area contributed by atoms with E-state index in [9.17, 15) is 33.3 Å². The maximum atomic E-state index is 12.6. The molecule has 3 rings (SSSR count). The molecule has 170 valence electrons. The van der Waals surface area contributed by atoms with Crippen LogP contribution in [0.1, 0.15) is 30.9 Å². The van der Waals surface area contributed by atoms with Gasteiger partial charge in [0.05, 0.1) is 5.75 Å². The lowest BCUT2D eigenvalue weighted by molar-refractivity contribution is -0.190. The number of aliphatic hydroxyl groups is 2. The number of carboxylic acid groups (broad SMARTS) is 1. The van der Waals surface area contributed by atoms with Crippen LogP contribution in [0.2, 0.25) is 0 Å². The second kappa shape index (κ2) is 8.55. The Morgan fingerprint density at radius 3 is 2.55 bits per heavy atom. The van der Waals surface area contributed by atoms with Crippen molar-refractivity contribution in [2.75, 3.05) is 13.1 Å². The summed E-state index contributed by atoms with van der Waals surface area (Å²) >= 11 is 0. The Kier molecular flexibility index (Phi) is 6.39. The summed E-state index contributed by atoms with van der Waals surface area (Å²) in [6.07, 6.45) is -0.889. The molecular formula is C19H25N3O8S. The number of aromatic nitrogens is 1. The number of nitrogens with zero attached hydrogens (tertiary/aromatic N) is 1. The van der Waals surface area contributed by atoms with Crippen LogP contribution >= 0.6 is 0 Å². The van der Waals surface area contributed by atoms with Gasteiger partial charge >= 0.3 is 11.9 Å². The summed E-state index contributed by atoms with van der Waals surface area (Å²) < 4.78 is 31.3. The number of rotatable bonds is 8. The number of ether oxygens (including phenoxy) is 1.